The molecule has 1 aromatic rings. The van der Waals surface area contributed by atoms with Gasteiger partial charge in [0.2, 0.25) is 5.91 Å². The van der Waals surface area contributed by atoms with Crippen molar-refractivity contribution in [3.63, 3.8) is 0 Å². The molecule has 0 aliphatic carbocycles. The topological polar surface area (TPSA) is 104 Å². The van der Waals surface area contributed by atoms with E-state index in [1.807, 2.05) is 30.3 Å². The summed E-state index contributed by atoms with van der Waals surface area (Å²) in [5.74, 6) is -1.28. The predicted molar refractivity (Wildman–Crippen MR) is 80.7 cm³/mol. The molecule has 1 heterocycles. The number of carbonyl (C=O) groups excluding carboxylic acids is 2. The second kappa shape index (κ2) is 7.38. The zero-order valence-corrected chi connectivity index (χ0v) is 12.4. The van der Waals surface area contributed by atoms with Crippen LogP contribution in [0, 0.1) is 0 Å². The number of nitrogens with zero attached hydrogens (tertiary/aromatic N) is 1. The minimum absolute atomic E-state index is 0.265. The monoisotopic (exact) mass is 306 g/mol. The van der Waals surface area contributed by atoms with Gasteiger partial charge in [-0.05, 0) is 31.2 Å². The van der Waals surface area contributed by atoms with Crippen LogP contribution in [-0.2, 0) is 16.0 Å². The lowest BCUT2D eigenvalue weighted by atomic mass is 9.96. The first-order chi connectivity index (χ1) is 10.5. The van der Waals surface area contributed by atoms with Crippen molar-refractivity contribution in [2.75, 3.05) is 6.54 Å². The van der Waals surface area contributed by atoms with Crippen LogP contribution in [0.4, 0.5) is 0 Å². The van der Waals surface area contributed by atoms with E-state index in [2.05, 4.69) is 0 Å². The summed E-state index contributed by atoms with van der Waals surface area (Å²) in [6.45, 7) is 0.325. The zero-order valence-electron chi connectivity index (χ0n) is 12.4. The molecule has 6 heteroatoms. The molecular weight excluding hydrogens is 284 g/mol. The van der Waals surface area contributed by atoms with Crippen molar-refractivity contribution >= 4 is 11.8 Å². The molecule has 2 rings (SSSR count). The Kier molecular flexibility index (Phi) is 5.51. The van der Waals surface area contributed by atoms with Crippen molar-refractivity contribution in [3.8, 4) is 0 Å². The third-order valence-corrected chi connectivity index (χ3v) is 4.01. The van der Waals surface area contributed by atoms with E-state index in [0.29, 0.717) is 25.8 Å². The number of aliphatic hydroxyl groups is 2. The largest absolute Gasteiger partial charge is 0.390 e. The van der Waals surface area contributed by atoms with E-state index < -0.39 is 30.1 Å². The van der Waals surface area contributed by atoms with E-state index in [0.717, 1.165) is 5.56 Å². The number of amides is 2. The number of rotatable bonds is 5. The summed E-state index contributed by atoms with van der Waals surface area (Å²) in [6, 6.07) is 8.49. The van der Waals surface area contributed by atoms with Gasteiger partial charge in [0.25, 0.3) is 5.91 Å². The second-order valence-electron chi connectivity index (χ2n) is 5.63. The number of likely N-dealkylation sites (tertiary alicyclic amines) is 1. The van der Waals surface area contributed by atoms with Crippen LogP contribution in [0.3, 0.4) is 0 Å². The Morgan fingerprint density at radius 2 is 2.00 bits per heavy atom. The van der Waals surface area contributed by atoms with Gasteiger partial charge in [-0.3, -0.25) is 9.59 Å². The molecule has 0 saturated carbocycles. The maximum absolute atomic E-state index is 12.3. The highest BCUT2D eigenvalue weighted by Crippen LogP contribution is 2.19. The summed E-state index contributed by atoms with van der Waals surface area (Å²) >= 11 is 0. The minimum Gasteiger partial charge on any atom is -0.390 e. The number of carbonyl (C=O) groups is 2. The van der Waals surface area contributed by atoms with Crippen LogP contribution < -0.4 is 5.73 Å². The average Bonchev–Trinajstić information content (AvgIpc) is 2.52. The fourth-order valence-electron chi connectivity index (χ4n) is 2.83. The van der Waals surface area contributed by atoms with Crippen LogP contribution in [-0.4, -0.2) is 51.7 Å². The van der Waals surface area contributed by atoms with Crippen LogP contribution >= 0.6 is 0 Å². The molecule has 0 spiro atoms. The third-order valence-electron chi connectivity index (χ3n) is 4.01. The first-order valence-corrected chi connectivity index (χ1v) is 7.50. The molecule has 1 aromatic carbocycles. The summed E-state index contributed by atoms with van der Waals surface area (Å²) in [4.78, 5) is 25.0. The van der Waals surface area contributed by atoms with Gasteiger partial charge >= 0.3 is 0 Å². The van der Waals surface area contributed by atoms with Gasteiger partial charge in [-0.1, -0.05) is 30.3 Å². The van der Waals surface area contributed by atoms with E-state index in [9.17, 15) is 19.8 Å². The number of piperidine rings is 1. The maximum atomic E-state index is 12.3. The van der Waals surface area contributed by atoms with Gasteiger partial charge in [-0.25, -0.2) is 0 Å². The van der Waals surface area contributed by atoms with Crippen LogP contribution in [0.25, 0.3) is 0 Å². The highest BCUT2D eigenvalue weighted by atomic mass is 16.3. The molecule has 2 unspecified atom stereocenters. The van der Waals surface area contributed by atoms with Crippen LogP contribution in [0.5, 0.6) is 0 Å². The van der Waals surface area contributed by atoms with Gasteiger partial charge in [-0.15, -0.1) is 0 Å². The van der Waals surface area contributed by atoms with E-state index in [-0.39, 0.29) is 6.42 Å². The second-order valence-corrected chi connectivity index (χ2v) is 5.63. The number of hydrogen-bond acceptors (Lipinski definition) is 4. The Bertz CT molecular complexity index is 520. The normalized spacial score (nSPS) is 23.1. The van der Waals surface area contributed by atoms with Crippen molar-refractivity contribution in [1.82, 2.24) is 4.90 Å². The number of primary amides is 1. The average molecular weight is 306 g/mol. The number of nitrogens with two attached hydrogens (primary N) is 1. The fraction of sp³-hybridized carbons (Fsp3) is 0.500. The Hall–Kier alpha value is -1.92. The van der Waals surface area contributed by atoms with Gasteiger partial charge < -0.3 is 20.8 Å². The third kappa shape index (κ3) is 3.84. The number of aliphatic hydroxyl groups excluding tert-OH is 2. The first-order valence-electron chi connectivity index (χ1n) is 7.50. The molecule has 0 bridgehead atoms. The Morgan fingerprint density at radius 1 is 1.32 bits per heavy atom. The van der Waals surface area contributed by atoms with E-state index in [1.54, 1.807) is 0 Å². The van der Waals surface area contributed by atoms with E-state index in [1.165, 1.54) is 4.90 Å². The number of hydrogen-bond donors (Lipinski definition) is 3. The van der Waals surface area contributed by atoms with Crippen LogP contribution in [0.2, 0.25) is 0 Å². The highest BCUT2D eigenvalue weighted by molar-refractivity contribution is 5.89. The molecule has 6 nitrogen and oxygen atoms in total. The molecule has 1 aliphatic heterocycles. The quantitative estimate of drug-likeness (QED) is 0.702. The lowest BCUT2D eigenvalue weighted by Gasteiger charge is -2.38. The van der Waals surface area contributed by atoms with E-state index in [4.69, 9.17) is 5.73 Å². The van der Waals surface area contributed by atoms with Crippen molar-refractivity contribution in [2.24, 2.45) is 5.73 Å². The van der Waals surface area contributed by atoms with Crippen molar-refractivity contribution in [1.29, 1.82) is 0 Å². The fourth-order valence-corrected chi connectivity index (χ4v) is 2.83. The van der Waals surface area contributed by atoms with Crippen molar-refractivity contribution < 1.29 is 19.8 Å². The molecule has 0 radical (unpaired) electrons. The lowest BCUT2D eigenvalue weighted by Crippen LogP contribution is -2.59. The maximum Gasteiger partial charge on any atom is 0.252 e. The van der Waals surface area contributed by atoms with Gasteiger partial charge in [0.05, 0.1) is 6.10 Å². The SMILES string of the molecule is NC(=O)C1C(O)CCCN1C(=O)[C@H](O)CCc1ccccc1. The predicted octanol–water partition coefficient (Wildman–Crippen LogP) is -0.183. The molecule has 1 saturated heterocycles. The zero-order chi connectivity index (χ0) is 16.1. The molecule has 4 N–H and O–H groups in total. The van der Waals surface area contributed by atoms with Crippen LogP contribution in [0.1, 0.15) is 24.8 Å². The summed E-state index contributed by atoms with van der Waals surface area (Å²) in [7, 11) is 0. The smallest absolute Gasteiger partial charge is 0.252 e. The van der Waals surface area contributed by atoms with Gasteiger partial charge in [0, 0.05) is 6.54 Å². The molecule has 0 aromatic heterocycles. The van der Waals surface area contributed by atoms with Crippen molar-refractivity contribution in [3.05, 3.63) is 35.9 Å². The summed E-state index contributed by atoms with van der Waals surface area (Å²) in [5, 5.41) is 20.0. The molecule has 3 atom stereocenters. The number of benzene rings is 1. The molecule has 120 valence electrons. The molecule has 1 aliphatic rings. The van der Waals surface area contributed by atoms with Gasteiger partial charge in [0.1, 0.15) is 12.1 Å². The summed E-state index contributed by atoms with van der Waals surface area (Å²) in [5.41, 5.74) is 6.30. The highest BCUT2D eigenvalue weighted by Gasteiger charge is 2.38. The Morgan fingerprint density at radius 3 is 2.64 bits per heavy atom. The van der Waals surface area contributed by atoms with Crippen molar-refractivity contribution in [2.45, 2.75) is 43.9 Å². The standard InChI is InChI=1S/C16H22N2O4/c17-15(21)14-12(19)7-4-10-18(14)16(22)13(20)9-8-11-5-2-1-3-6-11/h1-3,5-6,12-14,19-20H,4,7-10H2,(H2,17,21)/t12?,13-,14?/m1/s1. The first kappa shape index (κ1) is 16.5. The molecule has 1 fully saturated rings. The summed E-state index contributed by atoms with van der Waals surface area (Å²) < 4.78 is 0. The minimum atomic E-state index is -1.20. The molecular formula is C16H22N2O4. The Labute approximate surface area is 129 Å². The summed E-state index contributed by atoms with van der Waals surface area (Å²) in [6.07, 6.45) is -0.324. The lowest BCUT2D eigenvalue weighted by molar-refractivity contribution is -0.153. The van der Waals surface area contributed by atoms with Gasteiger partial charge in [-0.2, -0.15) is 0 Å². The number of aryl methyl sites for hydroxylation is 1. The molecule has 2 amide bonds. The van der Waals surface area contributed by atoms with Gasteiger partial charge in [0.15, 0.2) is 0 Å². The van der Waals surface area contributed by atoms with E-state index >= 15 is 0 Å². The molecule has 22 heavy (non-hydrogen) atoms. The Balaban J connectivity index is 1.98. The van der Waals surface area contributed by atoms with Crippen LogP contribution in [0.15, 0.2) is 30.3 Å².